The summed E-state index contributed by atoms with van der Waals surface area (Å²) in [6, 6.07) is 0. The summed E-state index contributed by atoms with van der Waals surface area (Å²) in [6.07, 6.45) is 1.85. The molecule has 1 aliphatic carbocycles. The number of hydrogen-bond acceptors (Lipinski definition) is 2. The number of ketones is 1. The van der Waals surface area contributed by atoms with Crippen molar-refractivity contribution in [1.82, 2.24) is 0 Å². The van der Waals surface area contributed by atoms with E-state index in [1.165, 1.54) is 0 Å². The quantitative estimate of drug-likeness (QED) is 0.550. The molecule has 1 atom stereocenters. The van der Waals surface area contributed by atoms with Gasteiger partial charge < -0.3 is 5.11 Å². The fourth-order valence-electron chi connectivity index (χ4n) is 1.32. The van der Waals surface area contributed by atoms with Crippen molar-refractivity contribution < 1.29 is 9.90 Å². The molecule has 1 fully saturated rings. The minimum absolute atomic E-state index is 0.200. The summed E-state index contributed by atoms with van der Waals surface area (Å²) in [6.45, 7) is 3.64. The Hall–Kier alpha value is -0.370. The molecule has 1 saturated carbocycles. The Morgan fingerprint density at radius 1 is 1.60 bits per heavy atom. The summed E-state index contributed by atoms with van der Waals surface area (Å²) in [5.41, 5.74) is -0.488. The van der Waals surface area contributed by atoms with Gasteiger partial charge in [0.2, 0.25) is 0 Å². The Balaban J connectivity index is 2.73. The maximum absolute atomic E-state index is 11.2. The molecule has 0 amide bonds. The normalized spacial score (nSPS) is 32.3. The Morgan fingerprint density at radius 3 is 2.60 bits per heavy atom. The molecule has 1 rings (SSSR count). The van der Waals surface area contributed by atoms with Gasteiger partial charge in [0, 0.05) is 11.8 Å². The number of aliphatic hydroxyl groups excluding tert-OH is 1. The SMILES string of the molecule is CC1(C)C(=O)CCCC1O. The molecule has 0 saturated heterocycles. The third-order valence-corrected chi connectivity index (χ3v) is 2.43. The summed E-state index contributed by atoms with van der Waals surface area (Å²) in [5.74, 6) is 0.200. The maximum Gasteiger partial charge on any atom is 0.141 e. The number of carbonyl (C=O) groups excluding carboxylic acids is 1. The molecule has 10 heavy (non-hydrogen) atoms. The minimum Gasteiger partial charge on any atom is -0.392 e. The zero-order chi connectivity index (χ0) is 7.78. The van der Waals surface area contributed by atoms with Gasteiger partial charge in [-0.1, -0.05) is 13.8 Å². The van der Waals surface area contributed by atoms with E-state index in [4.69, 9.17) is 0 Å². The van der Waals surface area contributed by atoms with Crippen molar-refractivity contribution >= 4 is 5.78 Å². The summed E-state index contributed by atoms with van der Waals surface area (Å²) in [7, 11) is 0. The van der Waals surface area contributed by atoms with Crippen molar-refractivity contribution in [2.24, 2.45) is 5.41 Å². The molecule has 0 heterocycles. The lowest BCUT2D eigenvalue weighted by Crippen LogP contribution is -2.40. The van der Waals surface area contributed by atoms with E-state index in [0.717, 1.165) is 12.8 Å². The summed E-state index contributed by atoms with van der Waals surface area (Å²) in [4.78, 5) is 11.2. The summed E-state index contributed by atoms with van der Waals surface area (Å²) < 4.78 is 0. The van der Waals surface area contributed by atoms with Crippen LogP contribution in [0.1, 0.15) is 33.1 Å². The molecule has 0 aromatic rings. The molecule has 2 nitrogen and oxygen atoms in total. The first-order chi connectivity index (χ1) is 4.55. The monoisotopic (exact) mass is 142 g/mol. The zero-order valence-electron chi connectivity index (χ0n) is 6.55. The lowest BCUT2D eigenvalue weighted by Gasteiger charge is -2.33. The first kappa shape index (κ1) is 7.73. The van der Waals surface area contributed by atoms with E-state index < -0.39 is 11.5 Å². The van der Waals surface area contributed by atoms with Gasteiger partial charge in [-0.2, -0.15) is 0 Å². The van der Waals surface area contributed by atoms with Gasteiger partial charge in [-0.15, -0.1) is 0 Å². The largest absolute Gasteiger partial charge is 0.392 e. The van der Waals surface area contributed by atoms with Crippen LogP contribution in [0.3, 0.4) is 0 Å². The van der Waals surface area contributed by atoms with Crippen LogP contribution in [0.5, 0.6) is 0 Å². The number of aliphatic hydroxyl groups is 1. The molecule has 1 aliphatic rings. The second-order valence-electron chi connectivity index (χ2n) is 3.55. The highest BCUT2D eigenvalue weighted by atomic mass is 16.3. The second kappa shape index (κ2) is 2.35. The third-order valence-electron chi connectivity index (χ3n) is 2.43. The highest BCUT2D eigenvalue weighted by Crippen LogP contribution is 2.31. The first-order valence-electron chi connectivity index (χ1n) is 3.76. The van der Waals surface area contributed by atoms with Crippen LogP contribution in [0.2, 0.25) is 0 Å². The fourth-order valence-corrected chi connectivity index (χ4v) is 1.32. The molecule has 0 bridgehead atoms. The molecule has 0 radical (unpaired) electrons. The smallest absolute Gasteiger partial charge is 0.141 e. The predicted molar refractivity (Wildman–Crippen MR) is 38.6 cm³/mol. The summed E-state index contributed by atoms with van der Waals surface area (Å²) in [5, 5.41) is 9.39. The van der Waals surface area contributed by atoms with Crippen LogP contribution in [0.4, 0.5) is 0 Å². The van der Waals surface area contributed by atoms with E-state index in [1.807, 2.05) is 13.8 Å². The molecule has 0 aromatic heterocycles. The molecular weight excluding hydrogens is 128 g/mol. The van der Waals surface area contributed by atoms with Crippen LogP contribution in [0.25, 0.3) is 0 Å². The van der Waals surface area contributed by atoms with Gasteiger partial charge in [-0.25, -0.2) is 0 Å². The van der Waals surface area contributed by atoms with Gasteiger partial charge in [0.05, 0.1) is 6.10 Å². The van der Waals surface area contributed by atoms with Gasteiger partial charge in [0.15, 0.2) is 0 Å². The Labute approximate surface area is 61.2 Å². The molecule has 0 aliphatic heterocycles. The highest BCUT2D eigenvalue weighted by molar-refractivity contribution is 5.85. The molecule has 0 spiro atoms. The summed E-state index contributed by atoms with van der Waals surface area (Å²) >= 11 is 0. The molecule has 1 N–H and O–H groups in total. The van der Waals surface area contributed by atoms with E-state index in [1.54, 1.807) is 0 Å². The van der Waals surface area contributed by atoms with Gasteiger partial charge in [-0.05, 0) is 12.8 Å². The van der Waals surface area contributed by atoms with Crippen LogP contribution < -0.4 is 0 Å². The minimum atomic E-state index is -0.488. The van der Waals surface area contributed by atoms with E-state index in [9.17, 15) is 9.90 Å². The number of Topliss-reactive ketones (excluding diaryl/α,β-unsaturated/α-hetero) is 1. The highest BCUT2D eigenvalue weighted by Gasteiger charge is 2.37. The van der Waals surface area contributed by atoms with Crippen LogP contribution in [0.15, 0.2) is 0 Å². The van der Waals surface area contributed by atoms with Crippen LogP contribution in [0, 0.1) is 5.41 Å². The average Bonchev–Trinajstić information content (AvgIpc) is 1.84. The lowest BCUT2D eigenvalue weighted by molar-refractivity contribution is -0.136. The first-order valence-corrected chi connectivity index (χ1v) is 3.76. The molecular formula is C8H14O2. The zero-order valence-corrected chi connectivity index (χ0v) is 6.55. The van der Waals surface area contributed by atoms with E-state index in [-0.39, 0.29) is 5.78 Å². The van der Waals surface area contributed by atoms with Crippen LogP contribution in [-0.4, -0.2) is 17.0 Å². The molecule has 2 heteroatoms. The topological polar surface area (TPSA) is 37.3 Å². The van der Waals surface area contributed by atoms with E-state index >= 15 is 0 Å². The predicted octanol–water partition coefficient (Wildman–Crippen LogP) is 1.13. The molecule has 0 aromatic carbocycles. The van der Waals surface area contributed by atoms with Crippen molar-refractivity contribution in [3.63, 3.8) is 0 Å². The Kier molecular flexibility index (Phi) is 1.82. The van der Waals surface area contributed by atoms with Crippen molar-refractivity contribution in [3.8, 4) is 0 Å². The fraction of sp³-hybridized carbons (Fsp3) is 0.875. The van der Waals surface area contributed by atoms with E-state index in [0.29, 0.717) is 6.42 Å². The van der Waals surface area contributed by atoms with Gasteiger partial charge in [0.25, 0.3) is 0 Å². The van der Waals surface area contributed by atoms with Crippen molar-refractivity contribution in [1.29, 1.82) is 0 Å². The van der Waals surface area contributed by atoms with Crippen LogP contribution in [-0.2, 0) is 4.79 Å². The lowest BCUT2D eigenvalue weighted by atomic mass is 9.74. The van der Waals surface area contributed by atoms with Crippen molar-refractivity contribution in [3.05, 3.63) is 0 Å². The van der Waals surface area contributed by atoms with Gasteiger partial charge >= 0.3 is 0 Å². The molecule has 58 valence electrons. The molecule has 1 unspecified atom stereocenters. The maximum atomic E-state index is 11.2. The number of rotatable bonds is 0. The van der Waals surface area contributed by atoms with Crippen molar-refractivity contribution in [2.75, 3.05) is 0 Å². The van der Waals surface area contributed by atoms with E-state index in [2.05, 4.69) is 0 Å². The van der Waals surface area contributed by atoms with Crippen molar-refractivity contribution in [2.45, 2.75) is 39.2 Å². The third kappa shape index (κ3) is 1.08. The number of carbonyl (C=O) groups is 1. The van der Waals surface area contributed by atoms with Gasteiger partial charge in [0.1, 0.15) is 5.78 Å². The standard InChI is InChI=1S/C8H14O2/c1-8(2)6(9)4-3-5-7(8)10/h6,9H,3-5H2,1-2H3. The number of hydrogen-bond donors (Lipinski definition) is 1. The van der Waals surface area contributed by atoms with Gasteiger partial charge in [-0.3, -0.25) is 4.79 Å². The van der Waals surface area contributed by atoms with Crippen LogP contribution >= 0.6 is 0 Å². The Morgan fingerprint density at radius 2 is 2.20 bits per heavy atom. The Bertz CT molecular complexity index is 149. The second-order valence-corrected chi connectivity index (χ2v) is 3.55. The average molecular weight is 142 g/mol.